The lowest BCUT2D eigenvalue weighted by Crippen LogP contribution is -2.28. The molecule has 0 aliphatic carbocycles. The Balaban J connectivity index is 2.31. The number of amides is 1. The van der Waals surface area contributed by atoms with Crippen molar-refractivity contribution in [2.45, 2.75) is 19.4 Å². The van der Waals surface area contributed by atoms with E-state index in [2.05, 4.69) is 34.6 Å². The van der Waals surface area contributed by atoms with Crippen molar-refractivity contribution in [2.75, 3.05) is 6.54 Å². The van der Waals surface area contributed by atoms with Crippen LogP contribution < -0.4 is 0 Å². The van der Waals surface area contributed by atoms with Crippen molar-refractivity contribution in [3.05, 3.63) is 46.5 Å². The standard InChI is InChI=1S/C13H14BrNO/c1-2-13(16)15-8-4-6-11-10(9-15)5-3-7-12(11)14/h2-3,5,7H,1,4,6,8-9H2. The first-order chi connectivity index (χ1) is 7.72. The molecule has 0 atom stereocenters. The van der Waals surface area contributed by atoms with Crippen LogP contribution in [0.3, 0.4) is 0 Å². The van der Waals surface area contributed by atoms with Crippen LogP contribution in [-0.2, 0) is 17.8 Å². The molecule has 2 nitrogen and oxygen atoms in total. The molecule has 1 heterocycles. The Bertz CT molecular complexity index is 428. The zero-order valence-corrected chi connectivity index (χ0v) is 10.7. The third-order valence-electron chi connectivity index (χ3n) is 2.92. The van der Waals surface area contributed by atoms with Gasteiger partial charge in [0.15, 0.2) is 0 Å². The molecule has 0 saturated carbocycles. The lowest BCUT2D eigenvalue weighted by atomic mass is 10.0. The Kier molecular flexibility index (Phi) is 3.44. The molecule has 1 amide bonds. The number of carbonyl (C=O) groups is 1. The molecule has 3 heteroatoms. The lowest BCUT2D eigenvalue weighted by molar-refractivity contribution is -0.126. The second-order valence-electron chi connectivity index (χ2n) is 3.94. The zero-order chi connectivity index (χ0) is 11.5. The molecule has 16 heavy (non-hydrogen) atoms. The molecular formula is C13H14BrNO. The van der Waals surface area contributed by atoms with Crippen LogP contribution in [0.2, 0.25) is 0 Å². The summed E-state index contributed by atoms with van der Waals surface area (Å²) in [5.74, 6) is 0.0211. The van der Waals surface area contributed by atoms with Crippen molar-refractivity contribution < 1.29 is 4.79 Å². The van der Waals surface area contributed by atoms with E-state index in [1.54, 1.807) is 0 Å². The first-order valence-corrected chi connectivity index (χ1v) is 6.19. The molecule has 1 aromatic carbocycles. The largest absolute Gasteiger partial charge is 0.335 e. The van der Waals surface area contributed by atoms with Gasteiger partial charge in [0.1, 0.15) is 0 Å². The summed E-state index contributed by atoms with van der Waals surface area (Å²) in [5, 5.41) is 0. The highest BCUT2D eigenvalue weighted by molar-refractivity contribution is 9.10. The highest BCUT2D eigenvalue weighted by atomic mass is 79.9. The van der Waals surface area contributed by atoms with E-state index in [9.17, 15) is 4.79 Å². The van der Waals surface area contributed by atoms with Crippen LogP contribution in [-0.4, -0.2) is 17.4 Å². The zero-order valence-electron chi connectivity index (χ0n) is 9.08. The summed E-state index contributed by atoms with van der Waals surface area (Å²) < 4.78 is 1.15. The number of hydrogen-bond donors (Lipinski definition) is 0. The van der Waals surface area contributed by atoms with Crippen LogP contribution in [0.5, 0.6) is 0 Å². The predicted octanol–water partition coefficient (Wildman–Crippen LogP) is 2.91. The summed E-state index contributed by atoms with van der Waals surface area (Å²) >= 11 is 3.57. The van der Waals surface area contributed by atoms with Gasteiger partial charge in [-0.1, -0.05) is 34.6 Å². The van der Waals surface area contributed by atoms with Crippen LogP contribution in [0.1, 0.15) is 17.5 Å². The summed E-state index contributed by atoms with van der Waals surface area (Å²) in [6, 6.07) is 6.17. The molecule has 0 N–H and O–H groups in total. The Hall–Kier alpha value is -1.09. The number of fused-ring (bicyclic) bond motifs is 1. The number of carbonyl (C=O) groups excluding carboxylic acids is 1. The number of benzene rings is 1. The molecule has 2 rings (SSSR count). The SMILES string of the molecule is C=CC(=O)N1CCCc2c(Br)cccc2C1. The number of hydrogen-bond acceptors (Lipinski definition) is 1. The van der Waals surface area contributed by atoms with Crippen molar-refractivity contribution in [3.63, 3.8) is 0 Å². The highest BCUT2D eigenvalue weighted by Gasteiger charge is 2.17. The Morgan fingerprint density at radius 1 is 1.50 bits per heavy atom. The number of halogens is 1. The van der Waals surface area contributed by atoms with Crippen molar-refractivity contribution in [3.8, 4) is 0 Å². The quantitative estimate of drug-likeness (QED) is 0.724. The smallest absolute Gasteiger partial charge is 0.246 e. The van der Waals surface area contributed by atoms with Crippen molar-refractivity contribution in [2.24, 2.45) is 0 Å². The van der Waals surface area contributed by atoms with Crippen LogP contribution in [0.4, 0.5) is 0 Å². The first-order valence-electron chi connectivity index (χ1n) is 5.40. The fourth-order valence-electron chi connectivity index (χ4n) is 2.08. The van der Waals surface area contributed by atoms with E-state index in [0.29, 0.717) is 6.54 Å². The van der Waals surface area contributed by atoms with E-state index in [0.717, 1.165) is 23.9 Å². The van der Waals surface area contributed by atoms with Crippen LogP contribution in [0.25, 0.3) is 0 Å². The lowest BCUT2D eigenvalue weighted by Gasteiger charge is -2.18. The third-order valence-corrected chi connectivity index (χ3v) is 3.66. The van der Waals surface area contributed by atoms with Crippen molar-refractivity contribution in [1.82, 2.24) is 4.90 Å². The summed E-state index contributed by atoms with van der Waals surface area (Å²) in [4.78, 5) is 13.5. The fourth-order valence-corrected chi connectivity index (χ4v) is 2.69. The maximum Gasteiger partial charge on any atom is 0.246 e. The molecule has 84 valence electrons. The van der Waals surface area contributed by atoms with Gasteiger partial charge < -0.3 is 4.90 Å². The van der Waals surface area contributed by atoms with E-state index in [1.165, 1.54) is 17.2 Å². The van der Waals surface area contributed by atoms with Gasteiger partial charge in [0.25, 0.3) is 0 Å². The topological polar surface area (TPSA) is 20.3 Å². The molecule has 1 aromatic rings. The Morgan fingerprint density at radius 2 is 2.31 bits per heavy atom. The molecule has 1 aliphatic rings. The molecule has 0 spiro atoms. The van der Waals surface area contributed by atoms with Crippen LogP contribution in [0, 0.1) is 0 Å². The van der Waals surface area contributed by atoms with Crippen LogP contribution in [0.15, 0.2) is 35.3 Å². The summed E-state index contributed by atoms with van der Waals surface area (Å²) in [7, 11) is 0. The molecule has 0 radical (unpaired) electrons. The van der Waals surface area contributed by atoms with Crippen molar-refractivity contribution in [1.29, 1.82) is 0 Å². The van der Waals surface area contributed by atoms with E-state index in [-0.39, 0.29) is 5.91 Å². The van der Waals surface area contributed by atoms with Crippen molar-refractivity contribution >= 4 is 21.8 Å². The fraction of sp³-hybridized carbons (Fsp3) is 0.308. The van der Waals surface area contributed by atoms with Gasteiger partial charge in [0, 0.05) is 17.6 Å². The molecular weight excluding hydrogens is 266 g/mol. The number of rotatable bonds is 1. The molecule has 0 saturated heterocycles. The maximum absolute atomic E-state index is 11.6. The minimum absolute atomic E-state index is 0.0211. The molecule has 0 aromatic heterocycles. The van der Waals surface area contributed by atoms with Gasteiger partial charge in [0.05, 0.1) is 0 Å². The normalized spacial score (nSPS) is 15.2. The minimum atomic E-state index is 0.0211. The van der Waals surface area contributed by atoms with Gasteiger partial charge in [0.2, 0.25) is 5.91 Å². The average molecular weight is 280 g/mol. The maximum atomic E-state index is 11.6. The molecule has 1 aliphatic heterocycles. The number of nitrogens with zero attached hydrogens (tertiary/aromatic N) is 1. The van der Waals surface area contributed by atoms with Gasteiger partial charge in [-0.15, -0.1) is 0 Å². The van der Waals surface area contributed by atoms with Gasteiger partial charge in [-0.05, 0) is 36.1 Å². The second-order valence-corrected chi connectivity index (χ2v) is 4.80. The Morgan fingerprint density at radius 3 is 3.06 bits per heavy atom. The predicted molar refractivity (Wildman–Crippen MR) is 68.1 cm³/mol. The first kappa shape index (κ1) is 11.4. The van der Waals surface area contributed by atoms with Gasteiger partial charge in [-0.3, -0.25) is 4.79 Å². The van der Waals surface area contributed by atoms with E-state index in [4.69, 9.17) is 0 Å². The highest BCUT2D eigenvalue weighted by Crippen LogP contribution is 2.26. The summed E-state index contributed by atoms with van der Waals surface area (Å²) in [6.07, 6.45) is 3.43. The van der Waals surface area contributed by atoms with E-state index in [1.807, 2.05) is 11.0 Å². The average Bonchev–Trinajstić information content (AvgIpc) is 2.51. The second kappa shape index (κ2) is 4.83. The molecule has 0 fully saturated rings. The van der Waals surface area contributed by atoms with Gasteiger partial charge in [-0.2, -0.15) is 0 Å². The van der Waals surface area contributed by atoms with E-state index < -0.39 is 0 Å². The summed E-state index contributed by atoms with van der Waals surface area (Å²) in [5.41, 5.74) is 2.57. The minimum Gasteiger partial charge on any atom is -0.335 e. The molecule has 0 bridgehead atoms. The monoisotopic (exact) mass is 279 g/mol. The van der Waals surface area contributed by atoms with Gasteiger partial charge in [-0.25, -0.2) is 0 Å². The third kappa shape index (κ3) is 2.19. The van der Waals surface area contributed by atoms with Gasteiger partial charge >= 0.3 is 0 Å². The van der Waals surface area contributed by atoms with E-state index >= 15 is 0 Å². The Labute approximate surface area is 104 Å². The van der Waals surface area contributed by atoms with Crippen LogP contribution >= 0.6 is 15.9 Å². The molecule has 0 unspecified atom stereocenters. The summed E-state index contributed by atoms with van der Waals surface area (Å²) in [6.45, 7) is 5.05.